The van der Waals surface area contributed by atoms with Gasteiger partial charge in [0.25, 0.3) is 0 Å². The van der Waals surface area contributed by atoms with Gasteiger partial charge >= 0.3 is 11.9 Å². The minimum Gasteiger partial charge on any atom is -0.497 e. The van der Waals surface area contributed by atoms with Crippen molar-refractivity contribution in [2.75, 3.05) is 21.3 Å². The highest BCUT2D eigenvalue weighted by Crippen LogP contribution is 2.40. The minimum absolute atomic E-state index is 0.123. The van der Waals surface area contributed by atoms with Crippen LogP contribution in [0.15, 0.2) is 48.5 Å². The number of aryl methyl sites for hydroxylation is 1. The number of hydrogen-bond acceptors (Lipinski definition) is 6. The second-order valence-electron chi connectivity index (χ2n) is 7.09. The highest BCUT2D eigenvalue weighted by atomic mass is 16.6. The third-order valence-electron chi connectivity index (χ3n) is 5.50. The zero-order valence-corrected chi connectivity index (χ0v) is 17.0. The third-order valence-corrected chi connectivity index (χ3v) is 5.50. The first kappa shape index (κ1) is 20.9. The van der Waals surface area contributed by atoms with E-state index in [1.807, 2.05) is 48.5 Å². The van der Waals surface area contributed by atoms with E-state index in [9.17, 15) is 9.59 Å². The van der Waals surface area contributed by atoms with E-state index in [1.165, 1.54) is 14.2 Å². The Hall–Kier alpha value is -2.86. The van der Waals surface area contributed by atoms with Gasteiger partial charge in [0.2, 0.25) is 0 Å². The molecule has 0 N–H and O–H groups in total. The number of fused-ring (bicyclic) bond motifs is 1. The maximum Gasteiger partial charge on any atom is 0.326 e. The van der Waals surface area contributed by atoms with Gasteiger partial charge in [-0.25, -0.2) is 0 Å². The molecule has 0 aromatic heterocycles. The van der Waals surface area contributed by atoms with Gasteiger partial charge in [0, 0.05) is 6.42 Å². The van der Waals surface area contributed by atoms with E-state index >= 15 is 0 Å². The Kier molecular flexibility index (Phi) is 6.54. The van der Waals surface area contributed by atoms with Crippen LogP contribution in [-0.2, 0) is 43.2 Å². The zero-order chi connectivity index (χ0) is 20.9. The quantitative estimate of drug-likeness (QED) is 0.423. The van der Waals surface area contributed by atoms with Gasteiger partial charge in [-0.1, -0.05) is 36.4 Å². The maximum atomic E-state index is 13.0. The molecule has 0 unspecified atom stereocenters. The molecule has 0 bridgehead atoms. The van der Waals surface area contributed by atoms with Crippen molar-refractivity contribution in [2.24, 2.45) is 5.41 Å². The van der Waals surface area contributed by atoms with E-state index < -0.39 is 23.5 Å². The second kappa shape index (κ2) is 9.09. The van der Waals surface area contributed by atoms with Gasteiger partial charge in [0.15, 0.2) is 5.41 Å². The van der Waals surface area contributed by atoms with E-state index in [0.29, 0.717) is 18.6 Å². The van der Waals surface area contributed by atoms with Crippen molar-refractivity contribution in [3.63, 3.8) is 0 Å². The predicted molar refractivity (Wildman–Crippen MR) is 107 cm³/mol. The number of carbonyl (C=O) groups is 2. The number of esters is 2. The molecule has 2 aromatic rings. The van der Waals surface area contributed by atoms with Crippen LogP contribution in [-0.4, -0.2) is 39.4 Å². The van der Waals surface area contributed by atoms with Crippen LogP contribution in [0.4, 0.5) is 0 Å². The fourth-order valence-electron chi connectivity index (χ4n) is 3.94. The Balaban J connectivity index is 2.02. The number of hydrogen-bond donors (Lipinski definition) is 0. The van der Waals surface area contributed by atoms with Crippen LogP contribution >= 0.6 is 0 Å². The number of carbonyl (C=O) groups excluding carboxylic acids is 2. The van der Waals surface area contributed by atoms with Gasteiger partial charge in [-0.15, -0.1) is 0 Å². The first-order chi connectivity index (χ1) is 14.0. The number of methoxy groups -OCH3 is 3. The minimum atomic E-state index is -1.59. The topological polar surface area (TPSA) is 71.1 Å². The number of benzene rings is 2. The summed E-state index contributed by atoms with van der Waals surface area (Å²) in [5, 5.41) is 0. The van der Waals surface area contributed by atoms with Crippen LogP contribution in [0.3, 0.4) is 0 Å². The van der Waals surface area contributed by atoms with E-state index in [2.05, 4.69) is 0 Å². The average molecular weight is 398 g/mol. The molecule has 0 aliphatic heterocycles. The summed E-state index contributed by atoms with van der Waals surface area (Å²) in [5.41, 5.74) is 1.27. The summed E-state index contributed by atoms with van der Waals surface area (Å²) in [6.07, 6.45) is 0.574. The molecule has 0 heterocycles. The molecule has 1 aliphatic carbocycles. The summed E-state index contributed by atoms with van der Waals surface area (Å²) in [7, 11) is 4.13. The second-order valence-corrected chi connectivity index (χ2v) is 7.09. The van der Waals surface area contributed by atoms with Crippen molar-refractivity contribution in [3.05, 3.63) is 65.2 Å². The summed E-state index contributed by atoms with van der Waals surface area (Å²) in [6.45, 7) is 0.279. The predicted octanol–water partition coefficient (Wildman–Crippen LogP) is 3.10. The molecule has 6 nitrogen and oxygen atoms in total. The van der Waals surface area contributed by atoms with Gasteiger partial charge in [-0.05, 0) is 41.7 Å². The summed E-state index contributed by atoms with van der Waals surface area (Å²) >= 11 is 0. The highest BCUT2D eigenvalue weighted by Gasteiger charge is 2.56. The van der Waals surface area contributed by atoms with Gasteiger partial charge in [0.1, 0.15) is 5.75 Å². The molecule has 1 aliphatic rings. The van der Waals surface area contributed by atoms with E-state index in [1.54, 1.807) is 7.11 Å². The summed E-state index contributed by atoms with van der Waals surface area (Å²) < 4.78 is 21.6. The number of rotatable bonds is 6. The van der Waals surface area contributed by atoms with Crippen molar-refractivity contribution in [3.8, 4) is 5.75 Å². The van der Waals surface area contributed by atoms with Crippen LogP contribution in [0.25, 0.3) is 0 Å². The Morgan fingerprint density at radius 1 is 0.966 bits per heavy atom. The lowest BCUT2D eigenvalue weighted by molar-refractivity contribution is -0.183. The molecule has 2 aromatic carbocycles. The van der Waals surface area contributed by atoms with Crippen molar-refractivity contribution in [1.82, 2.24) is 0 Å². The first-order valence-electron chi connectivity index (χ1n) is 9.53. The molecule has 154 valence electrons. The Labute approximate surface area is 170 Å². The lowest BCUT2D eigenvalue weighted by atomic mass is 9.76. The van der Waals surface area contributed by atoms with Crippen molar-refractivity contribution >= 4 is 11.9 Å². The monoisotopic (exact) mass is 398 g/mol. The number of ether oxygens (including phenoxy) is 4. The Morgan fingerprint density at radius 2 is 1.66 bits per heavy atom. The summed E-state index contributed by atoms with van der Waals surface area (Å²) in [5.74, 6) is -0.646. The molecule has 29 heavy (non-hydrogen) atoms. The molecule has 0 fully saturated rings. The molecular weight excluding hydrogens is 372 g/mol. The average Bonchev–Trinajstić information content (AvgIpc) is 2.94. The van der Waals surface area contributed by atoms with Crippen molar-refractivity contribution < 1.29 is 28.5 Å². The standard InChI is InChI=1S/C23H26O6/c1-26-19-11-9-17-10-12-20(29-15-16-7-5-4-6-8-16)23(21(24)27-2,22(25)28-3)14-18(17)13-19/h4-9,11,13,20H,10,12,14-15H2,1-3H3/t20-/m0/s1. The smallest absolute Gasteiger partial charge is 0.326 e. The van der Waals surface area contributed by atoms with Gasteiger partial charge in [-0.3, -0.25) is 9.59 Å². The largest absolute Gasteiger partial charge is 0.497 e. The Morgan fingerprint density at radius 3 is 2.28 bits per heavy atom. The highest BCUT2D eigenvalue weighted by molar-refractivity contribution is 6.01. The molecule has 0 radical (unpaired) electrons. The van der Waals surface area contributed by atoms with Gasteiger partial charge in [-0.2, -0.15) is 0 Å². The van der Waals surface area contributed by atoms with Crippen LogP contribution < -0.4 is 4.74 Å². The lowest BCUT2D eigenvalue weighted by Crippen LogP contribution is -2.52. The fraction of sp³-hybridized carbons (Fsp3) is 0.391. The normalized spacial score (nSPS) is 17.6. The van der Waals surface area contributed by atoms with Gasteiger partial charge in [0.05, 0.1) is 34.0 Å². The maximum absolute atomic E-state index is 13.0. The van der Waals surface area contributed by atoms with E-state index in [-0.39, 0.29) is 13.0 Å². The molecule has 6 heteroatoms. The molecule has 0 saturated carbocycles. The summed E-state index contributed by atoms with van der Waals surface area (Å²) in [4.78, 5) is 26.0. The van der Waals surface area contributed by atoms with Crippen LogP contribution in [0.2, 0.25) is 0 Å². The van der Waals surface area contributed by atoms with Crippen molar-refractivity contribution in [1.29, 1.82) is 0 Å². The SMILES string of the molecule is COC(=O)C1(C(=O)OC)Cc2cc(OC)ccc2CC[C@@H]1OCc1ccccc1. The third kappa shape index (κ3) is 4.12. The van der Waals surface area contributed by atoms with Crippen LogP contribution in [0, 0.1) is 5.41 Å². The summed E-state index contributed by atoms with van der Waals surface area (Å²) in [6, 6.07) is 15.3. The fourth-order valence-corrected chi connectivity index (χ4v) is 3.94. The van der Waals surface area contributed by atoms with E-state index in [4.69, 9.17) is 18.9 Å². The molecule has 0 amide bonds. The van der Waals surface area contributed by atoms with E-state index in [0.717, 1.165) is 16.7 Å². The lowest BCUT2D eigenvalue weighted by Gasteiger charge is -2.34. The molecular formula is C23H26O6. The van der Waals surface area contributed by atoms with Crippen LogP contribution in [0.1, 0.15) is 23.1 Å². The molecule has 1 atom stereocenters. The Bertz CT molecular complexity index is 845. The molecule has 0 spiro atoms. The zero-order valence-electron chi connectivity index (χ0n) is 17.0. The van der Waals surface area contributed by atoms with Crippen molar-refractivity contribution in [2.45, 2.75) is 32.0 Å². The molecule has 0 saturated heterocycles. The first-order valence-corrected chi connectivity index (χ1v) is 9.53. The van der Waals surface area contributed by atoms with Crippen LogP contribution in [0.5, 0.6) is 5.75 Å². The van der Waals surface area contributed by atoms with Gasteiger partial charge < -0.3 is 18.9 Å². The molecule has 3 rings (SSSR count).